The molecule has 0 bridgehead atoms. The van der Waals surface area contributed by atoms with E-state index in [0.29, 0.717) is 24.5 Å². The van der Waals surface area contributed by atoms with E-state index in [0.717, 1.165) is 12.0 Å². The number of hydrogen-bond acceptors (Lipinski definition) is 5. The lowest BCUT2D eigenvalue weighted by Crippen LogP contribution is -2.33. The van der Waals surface area contributed by atoms with E-state index >= 15 is 0 Å². The Morgan fingerprint density at radius 1 is 1.43 bits per heavy atom. The highest BCUT2D eigenvalue weighted by Gasteiger charge is 2.33. The number of nitrogens with one attached hydrogen (secondary N) is 1. The van der Waals surface area contributed by atoms with Crippen LogP contribution in [0, 0.1) is 5.82 Å². The fraction of sp³-hybridized carbons (Fsp3) is 0.421. The zero-order valence-electron chi connectivity index (χ0n) is 15.8. The van der Waals surface area contributed by atoms with Crippen LogP contribution in [0.15, 0.2) is 24.4 Å². The summed E-state index contributed by atoms with van der Waals surface area (Å²) in [6.07, 6.45) is 1.63. The number of fused-ring (bicyclic) bond motifs is 1. The topological polar surface area (TPSA) is 79.7 Å². The molecule has 148 valence electrons. The molecule has 1 atom stereocenters. The van der Waals surface area contributed by atoms with Crippen LogP contribution in [0.1, 0.15) is 18.2 Å². The Labute approximate surface area is 161 Å². The van der Waals surface area contributed by atoms with Gasteiger partial charge in [0.25, 0.3) is 0 Å². The van der Waals surface area contributed by atoms with E-state index in [9.17, 15) is 14.0 Å². The van der Waals surface area contributed by atoms with Gasteiger partial charge in [0.1, 0.15) is 11.9 Å². The summed E-state index contributed by atoms with van der Waals surface area (Å²) in [7, 11) is 1.91. The lowest BCUT2D eigenvalue weighted by Gasteiger charge is -2.29. The molecule has 2 aliphatic heterocycles. The van der Waals surface area contributed by atoms with Crippen LogP contribution in [0.5, 0.6) is 0 Å². The number of amides is 2. The number of anilines is 2. The highest BCUT2D eigenvalue weighted by atomic mass is 19.1. The van der Waals surface area contributed by atoms with Crippen molar-refractivity contribution in [2.24, 2.45) is 7.05 Å². The number of rotatable bonds is 4. The van der Waals surface area contributed by atoms with Crippen LogP contribution in [-0.4, -0.2) is 47.5 Å². The molecule has 28 heavy (non-hydrogen) atoms. The van der Waals surface area contributed by atoms with Crippen LogP contribution in [0.25, 0.3) is 0 Å². The van der Waals surface area contributed by atoms with E-state index in [1.165, 1.54) is 23.6 Å². The van der Waals surface area contributed by atoms with Gasteiger partial charge < -0.3 is 15.0 Å². The van der Waals surface area contributed by atoms with Crippen LogP contribution in [0.4, 0.5) is 20.6 Å². The van der Waals surface area contributed by atoms with Crippen molar-refractivity contribution in [3.05, 3.63) is 41.5 Å². The predicted molar refractivity (Wildman–Crippen MR) is 101 cm³/mol. The molecular formula is C19H22FN5O3. The predicted octanol–water partition coefficient (Wildman–Crippen LogP) is 1.58. The van der Waals surface area contributed by atoms with E-state index in [2.05, 4.69) is 10.4 Å². The second-order valence-electron chi connectivity index (χ2n) is 7.10. The van der Waals surface area contributed by atoms with Crippen molar-refractivity contribution in [1.29, 1.82) is 0 Å². The molecule has 2 aromatic rings. The number of carbonyl (C=O) groups is 2. The summed E-state index contributed by atoms with van der Waals surface area (Å²) >= 11 is 0. The highest BCUT2D eigenvalue weighted by Crippen LogP contribution is 2.30. The first-order chi connectivity index (χ1) is 13.4. The maximum absolute atomic E-state index is 14.8. The van der Waals surface area contributed by atoms with Gasteiger partial charge in [-0.1, -0.05) is 0 Å². The number of nitrogens with zero attached hydrogens (tertiary/aromatic N) is 4. The lowest BCUT2D eigenvalue weighted by atomic mass is 10.1. The van der Waals surface area contributed by atoms with Crippen LogP contribution in [0.2, 0.25) is 0 Å². The van der Waals surface area contributed by atoms with Gasteiger partial charge in [0.2, 0.25) is 5.91 Å². The van der Waals surface area contributed by atoms with Crippen molar-refractivity contribution in [3.8, 4) is 0 Å². The standard InChI is InChI=1S/C19H22FN5O3/c1-12(26)21-9-15-11-25(19(27)28-15)14-3-4-18(16(20)7-14)24-6-5-17-13(10-24)8-22-23(17)2/h3-4,7-8,15H,5-6,9-11H2,1-2H3,(H,21,26). The van der Waals surface area contributed by atoms with Gasteiger partial charge in [0, 0.05) is 44.7 Å². The molecule has 3 heterocycles. The van der Waals surface area contributed by atoms with E-state index in [-0.39, 0.29) is 24.8 Å². The third kappa shape index (κ3) is 3.39. The lowest BCUT2D eigenvalue weighted by molar-refractivity contribution is -0.119. The van der Waals surface area contributed by atoms with Gasteiger partial charge in [-0.25, -0.2) is 9.18 Å². The molecule has 1 unspecified atom stereocenters. The van der Waals surface area contributed by atoms with Gasteiger partial charge in [-0.15, -0.1) is 0 Å². The average Bonchev–Trinajstić information content (AvgIpc) is 3.22. The zero-order valence-corrected chi connectivity index (χ0v) is 15.8. The summed E-state index contributed by atoms with van der Waals surface area (Å²) in [6.45, 7) is 3.20. The van der Waals surface area contributed by atoms with Crippen molar-refractivity contribution >= 4 is 23.4 Å². The number of benzene rings is 1. The number of aryl methyl sites for hydroxylation is 1. The number of halogens is 1. The molecule has 0 saturated carbocycles. The molecule has 8 nitrogen and oxygen atoms in total. The van der Waals surface area contributed by atoms with E-state index in [1.807, 2.05) is 22.8 Å². The van der Waals surface area contributed by atoms with Crippen LogP contribution in [-0.2, 0) is 29.5 Å². The molecule has 2 amide bonds. The first-order valence-electron chi connectivity index (χ1n) is 9.19. The number of cyclic esters (lactones) is 1. The fourth-order valence-corrected chi connectivity index (χ4v) is 3.71. The first-order valence-corrected chi connectivity index (χ1v) is 9.19. The summed E-state index contributed by atoms with van der Waals surface area (Å²) in [5, 5.41) is 6.89. The Morgan fingerprint density at radius 2 is 2.25 bits per heavy atom. The van der Waals surface area contributed by atoms with Gasteiger partial charge in [-0.05, 0) is 18.2 Å². The Bertz CT molecular complexity index is 928. The highest BCUT2D eigenvalue weighted by molar-refractivity contribution is 5.90. The minimum Gasteiger partial charge on any atom is -0.442 e. The number of aromatic nitrogens is 2. The van der Waals surface area contributed by atoms with Crippen molar-refractivity contribution in [2.75, 3.05) is 29.4 Å². The minimum absolute atomic E-state index is 0.191. The molecule has 0 spiro atoms. The maximum Gasteiger partial charge on any atom is 0.414 e. The average molecular weight is 387 g/mol. The smallest absolute Gasteiger partial charge is 0.414 e. The second kappa shape index (κ2) is 7.14. The van der Waals surface area contributed by atoms with Gasteiger partial charge >= 0.3 is 6.09 Å². The quantitative estimate of drug-likeness (QED) is 0.862. The first kappa shape index (κ1) is 18.3. The third-order valence-corrected chi connectivity index (χ3v) is 5.16. The molecule has 9 heteroatoms. The zero-order chi connectivity index (χ0) is 19.8. The van der Waals surface area contributed by atoms with Crippen molar-refractivity contribution in [1.82, 2.24) is 15.1 Å². The molecular weight excluding hydrogens is 365 g/mol. The Morgan fingerprint density at radius 3 is 3.00 bits per heavy atom. The van der Waals surface area contributed by atoms with E-state index in [4.69, 9.17) is 4.74 Å². The largest absolute Gasteiger partial charge is 0.442 e. The van der Waals surface area contributed by atoms with Gasteiger partial charge in [-0.3, -0.25) is 14.4 Å². The van der Waals surface area contributed by atoms with Crippen LogP contribution < -0.4 is 15.1 Å². The molecule has 1 fully saturated rings. The number of hydrogen-bond donors (Lipinski definition) is 1. The van der Waals surface area contributed by atoms with Crippen LogP contribution >= 0.6 is 0 Å². The molecule has 0 aliphatic carbocycles. The Kier molecular flexibility index (Phi) is 4.66. The summed E-state index contributed by atoms with van der Waals surface area (Å²) < 4.78 is 21.9. The van der Waals surface area contributed by atoms with Crippen molar-refractivity contribution in [2.45, 2.75) is 26.0 Å². The molecule has 1 aromatic carbocycles. The van der Waals surface area contributed by atoms with Crippen LogP contribution in [0.3, 0.4) is 0 Å². The van der Waals surface area contributed by atoms with Crippen molar-refractivity contribution in [3.63, 3.8) is 0 Å². The van der Waals surface area contributed by atoms with Crippen molar-refractivity contribution < 1.29 is 18.7 Å². The van der Waals surface area contributed by atoms with Gasteiger partial charge in [0.15, 0.2) is 0 Å². The summed E-state index contributed by atoms with van der Waals surface area (Å²) in [5.74, 6) is -0.578. The second-order valence-corrected chi connectivity index (χ2v) is 7.10. The monoisotopic (exact) mass is 387 g/mol. The number of carbonyl (C=O) groups excluding carboxylic acids is 2. The molecule has 1 N–H and O–H groups in total. The fourth-order valence-electron chi connectivity index (χ4n) is 3.71. The van der Waals surface area contributed by atoms with E-state index in [1.54, 1.807) is 12.1 Å². The minimum atomic E-state index is -0.541. The Hall–Kier alpha value is -3.10. The summed E-state index contributed by atoms with van der Waals surface area (Å²) in [4.78, 5) is 26.5. The summed E-state index contributed by atoms with van der Waals surface area (Å²) in [5.41, 5.74) is 3.22. The maximum atomic E-state index is 14.8. The van der Waals surface area contributed by atoms with Gasteiger partial charge in [-0.2, -0.15) is 5.10 Å². The molecule has 2 aliphatic rings. The molecule has 0 radical (unpaired) electrons. The van der Waals surface area contributed by atoms with Gasteiger partial charge in [0.05, 0.1) is 30.7 Å². The molecule has 4 rings (SSSR count). The SMILES string of the molecule is CC(=O)NCC1CN(c2ccc(N3CCc4c(cnn4C)C3)c(F)c2)C(=O)O1. The van der Waals surface area contributed by atoms with E-state index < -0.39 is 12.2 Å². The normalized spacial score (nSPS) is 18.8. The summed E-state index contributed by atoms with van der Waals surface area (Å²) in [6, 6.07) is 4.77. The molecule has 1 saturated heterocycles. The number of ether oxygens (including phenoxy) is 1. The Balaban J connectivity index is 1.48. The third-order valence-electron chi connectivity index (χ3n) is 5.16. The molecule has 1 aromatic heterocycles.